The molecule has 0 aromatic heterocycles. The number of unbranched alkanes of at least 4 members (excludes halogenated alkanes) is 34. The molecular formula is C50H101NO5. The summed E-state index contributed by atoms with van der Waals surface area (Å²) in [6.07, 6.45) is 47.1. The van der Waals surface area contributed by atoms with Crippen LogP contribution in [0.1, 0.15) is 278 Å². The Labute approximate surface area is 350 Å². The van der Waals surface area contributed by atoms with E-state index in [2.05, 4.69) is 26.1 Å². The van der Waals surface area contributed by atoms with Crippen LogP contribution >= 0.6 is 0 Å². The molecule has 6 nitrogen and oxygen atoms in total. The van der Waals surface area contributed by atoms with Gasteiger partial charge in [-0.2, -0.15) is 0 Å². The molecule has 0 radical (unpaired) electrons. The van der Waals surface area contributed by atoms with E-state index in [4.69, 9.17) is 0 Å². The highest BCUT2D eigenvalue weighted by Gasteiger charge is 2.28. The van der Waals surface area contributed by atoms with Crippen LogP contribution in [0.5, 0.6) is 0 Å². The Balaban J connectivity index is 3.64. The van der Waals surface area contributed by atoms with Crippen LogP contribution in [0, 0.1) is 5.92 Å². The van der Waals surface area contributed by atoms with E-state index in [0.717, 1.165) is 44.4 Å². The molecule has 0 aliphatic carbocycles. The number of rotatable bonds is 46. The standard InChI is InChI=1S/C50H101NO5/c1-4-6-7-8-9-10-11-12-13-14-15-16-17-18-19-20-25-28-31-34-37-40-43-48(54)50(56)51-46(44-52)49(55)47(53)42-39-36-33-30-27-24-22-21-23-26-29-32-35-38-41-45(3)5-2/h45-49,52-55H,4-44H2,1-3H3,(H,51,56)/t45?,46-,47+,48+,49-/m0/s1. The van der Waals surface area contributed by atoms with Crippen molar-refractivity contribution in [2.45, 2.75) is 302 Å². The van der Waals surface area contributed by atoms with Crippen LogP contribution < -0.4 is 5.32 Å². The van der Waals surface area contributed by atoms with E-state index in [9.17, 15) is 25.2 Å². The van der Waals surface area contributed by atoms with Crippen LogP contribution in [0.25, 0.3) is 0 Å². The third-order valence-electron chi connectivity index (χ3n) is 12.6. The first-order valence-electron chi connectivity index (χ1n) is 25.3. The first-order chi connectivity index (χ1) is 27.4. The van der Waals surface area contributed by atoms with E-state index >= 15 is 0 Å². The number of aliphatic hydroxyl groups excluding tert-OH is 4. The predicted octanol–water partition coefficient (Wildman–Crippen LogP) is 13.8. The largest absolute Gasteiger partial charge is 0.394 e. The first kappa shape index (κ1) is 55.3. The molecule has 1 amide bonds. The van der Waals surface area contributed by atoms with E-state index < -0.39 is 36.9 Å². The van der Waals surface area contributed by atoms with Crippen molar-refractivity contribution in [3.63, 3.8) is 0 Å². The van der Waals surface area contributed by atoms with Gasteiger partial charge in [-0.05, 0) is 18.8 Å². The van der Waals surface area contributed by atoms with Crippen molar-refractivity contribution in [2.75, 3.05) is 6.61 Å². The van der Waals surface area contributed by atoms with Crippen LogP contribution in [0.2, 0.25) is 0 Å². The lowest BCUT2D eigenvalue weighted by Crippen LogP contribution is -2.53. The maximum Gasteiger partial charge on any atom is 0.249 e. The zero-order valence-corrected chi connectivity index (χ0v) is 38.1. The van der Waals surface area contributed by atoms with Gasteiger partial charge < -0.3 is 25.7 Å². The monoisotopic (exact) mass is 796 g/mol. The molecule has 0 aromatic rings. The minimum atomic E-state index is -1.25. The number of carbonyl (C=O) groups excluding carboxylic acids is 1. The minimum absolute atomic E-state index is 0.375. The van der Waals surface area contributed by atoms with Gasteiger partial charge >= 0.3 is 0 Å². The topological polar surface area (TPSA) is 110 Å². The second-order valence-electron chi connectivity index (χ2n) is 18.1. The van der Waals surface area contributed by atoms with Gasteiger partial charge in [0, 0.05) is 0 Å². The number of nitrogens with one attached hydrogen (secondary N) is 1. The number of carbonyl (C=O) groups is 1. The van der Waals surface area contributed by atoms with Gasteiger partial charge in [0.15, 0.2) is 0 Å². The number of amides is 1. The van der Waals surface area contributed by atoms with Crippen molar-refractivity contribution < 1.29 is 25.2 Å². The molecule has 0 aliphatic rings. The van der Waals surface area contributed by atoms with E-state index in [-0.39, 0.29) is 0 Å². The van der Waals surface area contributed by atoms with Gasteiger partial charge in [-0.15, -0.1) is 0 Å². The Morgan fingerprint density at radius 2 is 0.714 bits per heavy atom. The molecule has 0 aliphatic heterocycles. The highest BCUT2D eigenvalue weighted by Crippen LogP contribution is 2.19. The van der Waals surface area contributed by atoms with Gasteiger partial charge in [0.1, 0.15) is 12.2 Å². The second kappa shape index (κ2) is 43.9. The maximum atomic E-state index is 12.6. The molecule has 0 saturated carbocycles. The molecule has 0 spiro atoms. The van der Waals surface area contributed by atoms with Gasteiger partial charge in [-0.25, -0.2) is 0 Å². The van der Waals surface area contributed by atoms with Gasteiger partial charge in [0.05, 0.1) is 18.8 Å². The fraction of sp³-hybridized carbons (Fsp3) is 0.980. The molecule has 336 valence electrons. The molecule has 0 rings (SSSR count). The minimum Gasteiger partial charge on any atom is -0.394 e. The van der Waals surface area contributed by atoms with E-state index in [1.165, 1.54) is 205 Å². The molecule has 0 bridgehead atoms. The fourth-order valence-corrected chi connectivity index (χ4v) is 8.21. The molecule has 6 heteroatoms. The second-order valence-corrected chi connectivity index (χ2v) is 18.1. The van der Waals surface area contributed by atoms with Crippen molar-refractivity contribution in [1.29, 1.82) is 0 Å². The van der Waals surface area contributed by atoms with Crippen LogP contribution in [0.15, 0.2) is 0 Å². The van der Waals surface area contributed by atoms with Gasteiger partial charge in [0.25, 0.3) is 0 Å². The molecule has 0 saturated heterocycles. The van der Waals surface area contributed by atoms with E-state index in [1.54, 1.807) is 0 Å². The Bertz CT molecular complexity index is 781. The molecule has 5 N–H and O–H groups in total. The highest BCUT2D eigenvalue weighted by atomic mass is 16.3. The summed E-state index contributed by atoms with van der Waals surface area (Å²) in [4.78, 5) is 12.6. The van der Waals surface area contributed by atoms with Gasteiger partial charge in [-0.1, -0.05) is 265 Å². The van der Waals surface area contributed by atoms with Crippen LogP contribution in [0.4, 0.5) is 0 Å². The third kappa shape index (κ3) is 37.6. The summed E-state index contributed by atoms with van der Waals surface area (Å²) in [5, 5.41) is 43.9. The molecule has 0 aromatic carbocycles. The summed E-state index contributed by atoms with van der Waals surface area (Å²) in [5.41, 5.74) is 0. The average Bonchev–Trinajstić information content (AvgIpc) is 3.20. The van der Waals surface area contributed by atoms with Gasteiger partial charge in [0.2, 0.25) is 5.91 Å². The molecular weight excluding hydrogens is 695 g/mol. The lowest BCUT2D eigenvalue weighted by atomic mass is 9.98. The number of aliphatic hydroxyl groups is 4. The van der Waals surface area contributed by atoms with Crippen molar-refractivity contribution in [1.82, 2.24) is 5.32 Å². The summed E-state index contributed by atoms with van der Waals surface area (Å²) in [6, 6.07) is -0.980. The van der Waals surface area contributed by atoms with Crippen LogP contribution in [0.3, 0.4) is 0 Å². The van der Waals surface area contributed by atoms with E-state index in [0.29, 0.717) is 12.8 Å². The zero-order chi connectivity index (χ0) is 41.2. The summed E-state index contributed by atoms with van der Waals surface area (Å²) < 4.78 is 0. The first-order valence-corrected chi connectivity index (χ1v) is 25.3. The maximum absolute atomic E-state index is 12.6. The Hall–Kier alpha value is -0.690. The molecule has 56 heavy (non-hydrogen) atoms. The Kier molecular flexibility index (Phi) is 43.3. The number of hydrogen-bond acceptors (Lipinski definition) is 5. The average molecular weight is 796 g/mol. The molecule has 0 fully saturated rings. The molecule has 5 atom stereocenters. The summed E-state index contributed by atoms with van der Waals surface area (Å²) in [5.74, 6) is 0.315. The number of hydrogen-bond donors (Lipinski definition) is 5. The summed E-state index contributed by atoms with van der Waals surface area (Å²) in [6.45, 7) is 6.47. The lowest BCUT2D eigenvalue weighted by Gasteiger charge is -2.27. The highest BCUT2D eigenvalue weighted by molar-refractivity contribution is 5.80. The smallest absolute Gasteiger partial charge is 0.249 e. The molecule has 1 unspecified atom stereocenters. The zero-order valence-electron chi connectivity index (χ0n) is 38.1. The molecule has 0 heterocycles. The van der Waals surface area contributed by atoms with Gasteiger partial charge in [-0.3, -0.25) is 4.79 Å². The summed E-state index contributed by atoms with van der Waals surface area (Å²) in [7, 11) is 0. The normalized spacial score (nSPS) is 14.5. The van der Waals surface area contributed by atoms with Crippen molar-refractivity contribution in [2.24, 2.45) is 5.92 Å². The van der Waals surface area contributed by atoms with Crippen LogP contribution in [-0.4, -0.2) is 57.3 Å². The SMILES string of the molecule is CCCCCCCCCCCCCCCCCCCCCCCC[C@@H](O)C(=O)N[C@@H](CO)[C@H](O)[C@H](O)CCCCCCCCCCCCCCCCC(C)CC. The van der Waals surface area contributed by atoms with Crippen LogP contribution in [-0.2, 0) is 4.79 Å². The lowest BCUT2D eigenvalue weighted by molar-refractivity contribution is -0.132. The Morgan fingerprint density at radius 1 is 0.429 bits per heavy atom. The van der Waals surface area contributed by atoms with Crippen molar-refractivity contribution >= 4 is 5.91 Å². The third-order valence-corrected chi connectivity index (χ3v) is 12.6. The Morgan fingerprint density at radius 3 is 1.02 bits per heavy atom. The summed E-state index contributed by atoms with van der Waals surface area (Å²) >= 11 is 0. The van der Waals surface area contributed by atoms with Crippen molar-refractivity contribution in [3.8, 4) is 0 Å². The predicted molar refractivity (Wildman–Crippen MR) is 242 cm³/mol. The van der Waals surface area contributed by atoms with Crippen molar-refractivity contribution in [3.05, 3.63) is 0 Å². The fourth-order valence-electron chi connectivity index (χ4n) is 8.21. The van der Waals surface area contributed by atoms with E-state index in [1.807, 2.05) is 0 Å². The quantitative estimate of drug-likeness (QED) is 0.0394.